The number of nitrogens with zero attached hydrogens (tertiary/aromatic N) is 3. The van der Waals surface area contributed by atoms with Gasteiger partial charge in [0.1, 0.15) is 17.3 Å². The first kappa shape index (κ1) is 16.4. The topological polar surface area (TPSA) is 42.2 Å². The average molecular weight is 352 g/mol. The Morgan fingerprint density at radius 2 is 1.96 bits per heavy atom. The molecule has 26 heavy (non-hydrogen) atoms. The van der Waals surface area contributed by atoms with Crippen LogP contribution in [-0.4, -0.2) is 14.4 Å². The van der Waals surface area contributed by atoms with E-state index in [1.165, 1.54) is 6.08 Å². The third-order valence-corrected chi connectivity index (χ3v) is 4.59. The van der Waals surface area contributed by atoms with Gasteiger partial charge in [0.05, 0.1) is 5.69 Å². The molecule has 1 unspecified atom stereocenters. The molecule has 1 N–H and O–H groups in total. The summed E-state index contributed by atoms with van der Waals surface area (Å²) in [6.07, 6.45) is 4.78. The van der Waals surface area contributed by atoms with Gasteiger partial charge in [-0.15, -0.1) is 0 Å². The minimum absolute atomic E-state index is 0.0443. The second-order valence-corrected chi connectivity index (χ2v) is 6.46. The molecular weight excluding hydrogens is 334 g/mol. The number of rotatable bonds is 3. The number of aryl methyl sites for hydroxylation is 1. The summed E-state index contributed by atoms with van der Waals surface area (Å²) in [5, 5.41) is 3.29. The lowest BCUT2D eigenvalue weighted by Crippen LogP contribution is -2.14. The lowest BCUT2D eigenvalue weighted by molar-refractivity contribution is 0.470. The van der Waals surface area contributed by atoms with Crippen LogP contribution >= 0.6 is 0 Å². The zero-order chi connectivity index (χ0) is 18.3. The molecule has 0 fully saturated rings. The summed E-state index contributed by atoms with van der Waals surface area (Å²) in [5.41, 5.74) is 3.81. The molecule has 0 spiro atoms. The van der Waals surface area contributed by atoms with Crippen LogP contribution in [0.25, 0.3) is 16.9 Å². The molecule has 0 saturated heterocycles. The van der Waals surface area contributed by atoms with E-state index in [0.29, 0.717) is 11.5 Å². The van der Waals surface area contributed by atoms with Crippen LogP contribution < -0.4 is 5.32 Å². The van der Waals surface area contributed by atoms with Crippen LogP contribution in [0.4, 0.5) is 14.6 Å². The maximum Gasteiger partial charge on any atom is 0.160 e. The fraction of sp³-hybridized carbons (Fsp3) is 0.200. The maximum atomic E-state index is 13.8. The summed E-state index contributed by atoms with van der Waals surface area (Å²) in [4.78, 5) is 9.03. The predicted molar refractivity (Wildman–Crippen MR) is 97.9 cm³/mol. The number of benzene rings is 1. The van der Waals surface area contributed by atoms with Crippen molar-refractivity contribution in [3.63, 3.8) is 0 Å². The SMILES string of the molecule is Cc1nccn2c(NC3=CC(F)=C(F)CC3C)c(-c3ccccc3)nc12. The highest BCUT2D eigenvalue weighted by Gasteiger charge is 2.23. The molecule has 0 amide bonds. The van der Waals surface area contributed by atoms with Crippen LogP contribution in [-0.2, 0) is 0 Å². The maximum absolute atomic E-state index is 13.8. The molecule has 1 aliphatic carbocycles. The first-order valence-corrected chi connectivity index (χ1v) is 8.46. The van der Waals surface area contributed by atoms with Crippen molar-refractivity contribution in [1.29, 1.82) is 0 Å². The van der Waals surface area contributed by atoms with E-state index < -0.39 is 11.7 Å². The van der Waals surface area contributed by atoms with Crippen LogP contribution in [0.2, 0.25) is 0 Å². The predicted octanol–water partition coefficient (Wildman–Crippen LogP) is 5.19. The standard InChI is InChI=1S/C20H18F2N4/c1-12-10-15(21)16(22)11-17(12)24-20-18(14-6-4-3-5-7-14)25-19-13(2)23-8-9-26(19)20/h3-9,11-12,24H,10H2,1-2H3. The van der Waals surface area contributed by atoms with Crippen molar-refractivity contribution in [2.75, 3.05) is 5.32 Å². The van der Waals surface area contributed by atoms with Crippen LogP contribution in [0.3, 0.4) is 0 Å². The monoisotopic (exact) mass is 352 g/mol. The van der Waals surface area contributed by atoms with E-state index in [9.17, 15) is 8.78 Å². The molecule has 0 saturated carbocycles. The van der Waals surface area contributed by atoms with Crippen molar-refractivity contribution in [2.24, 2.45) is 5.92 Å². The number of anilines is 1. The molecule has 1 atom stereocenters. The van der Waals surface area contributed by atoms with E-state index >= 15 is 0 Å². The minimum atomic E-state index is -0.821. The summed E-state index contributed by atoms with van der Waals surface area (Å²) in [6, 6.07) is 9.75. The highest BCUT2D eigenvalue weighted by atomic mass is 19.2. The Labute approximate surface area is 149 Å². The van der Waals surface area contributed by atoms with E-state index in [1.807, 2.05) is 54.8 Å². The molecule has 2 aromatic heterocycles. The quantitative estimate of drug-likeness (QED) is 0.705. The Bertz CT molecular complexity index is 1030. The van der Waals surface area contributed by atoms with Crippen molar-refractivity contribution >= 4 is 11.5 Å². The van der Waals surface area contributed by atoms with Gasteiger partial charge in [0, 0.05) is 36.0 Å². The van der Waals surface area contributed by atoms with Gasteiger partial charge in [-0.2, -0.15) is 0 Å². The summed E-state index contributed by atoms with van der Waals surface area (Å²) in [7, 11) is 0. The summed E-state index contributed by atoms with van der Waals surface area (Å²) >= 11 is 0. The van der Waals surface area contributed by atoms with Crippen LogP contribution in [0, 0.1) is 12.8 Å². The Hall–Kier alpha value is -3.02. The lowest BCUT2D eigenvalue weighted by atomic mass is 9.97. The van der Waals surface area contributed by atoms with Crippen LogP contribution in [0.15, 0.2) is 66.2 Å². The largest absolute Gasteiger partial charge is 0.343 e. The molecule has 4 rings (SSSR count). The van der Waals surface area contributed by atoms with E-state index in [0.717, 1.165) is 22.6 Å². The molecule has 6 heteroatoms. The second-order valence-electron chi connectivity index (χ2n) is 6.46. The Kier molecular flexibility index (Phi) is 4.03. The number of imidazole rings is 1. The summed E-state index contributed by atoms with van der Waals surface area (Å²) in [5.74, 6) is -0.973. The van der Waals surface area contributed by atoms with E-state index in [4.69, 9.17) is 4.98 Å². The van der Waals surface area contributed by atoms with E-state index in [1.54, 1.807) is 6.20 Å². The molecular formula is C20H18F2N4. The van der Waals surface area contributed by atoms with Gasteiger partial charge >= 0.3 is 0 Å². The normalized spacial score (nSPS) is 17.5. The first-order valence-electron chi connectivity index (χ1n) is 8.46. The summed E-state index contributed by atoms with van der Waals surface area (Å²) in [6.45, 7) is 3.75. The van der Waals surface area contributed by atoms with Gasteiger partial charge in [-0.05, 0) is 13.0 Å². The molecule has 2 heterocycles. The molecule has 0 radical (unpaired) electrons. The van der Waals surface area contributed by atoms with Crippen molar-refractivity contribution in [1.82, 2.24) is 14.4 Å². The number of hydrogen-bond donors (Lipinski definition) is 1. The molecule has 0 bridgehead atoms. The average Bonchev–Trinajstić information content (AvgIpc) is 3.00. The van der Waals surface area contributed by atoms with Gasteiger partial charge in [-0.3, -0.25) is 9.38 Å². The molecule has 132 valence electrons. The Balaban J connectivity index is 1.89. The van der Waals surface area contributed by atoms with Crippen molar-refractivity contribution < 1.29 is 8.78 Å². The van der Waals surface area contributed by atoms with Crippen molar-refractivity contribution in [2.45, 2.75) is 20.3 Å². The van der Waals surface area contributed by atoms with Gasteiger partial charge < -0.3 is 5.32 Å². The molecule has 1 aliphatic rings. The molecule has 4 nitrogen and oxygen atoms in total. The Morgan fingerprint density at radius 3 is 2.73 bits per heavy atom. The smallest absolute Gasteiger partial charge is 0.160 e. The number of halogens is 2. The van der Waals surface area contributed by atoms with Crippen LogP contribution in [0.1, 0.15) is 19.0 Å². The van der Waals surface area contributed by atoms with Gasteiger partial charge in [-0.25, -0.2) is 13.8 Å². The fourth-order valence-corrected chi connectivity index (χ4v) is 3.15. The molecule has 3 aromatic rings. The zero-order valence-corrected chi connectivity index (χ0v) is 14.5. The van der Waals surface area contributed by atoms with Crippen LogP contribution in [0.5, 0.6) is 0 Å². The number of aromatic nitrogens is 3. The molecule has 0 aliphatic heterocycles. The van der Waals surface area contributed by atoms with E-state index in [2.05, 4.69) is 10.3 Å². The third kappa shape index (κ3) is 2.77. The van der Waals surface area contributed by atoms with Gasteiger partial charge in [0.25, 0.3) is 0 Å². The number of allylic oxidation sites excluding steroid dienone is 4. The minimum Gasteiger partial charge on any atom is -0.343 e. The molecule has 1 aromatic carbocycles. The highest BCUT2D eigenvalue weighted by Crippen LogP contribution is 2.35. The van der Waals surface area contributed by atoms with Crippen molar-refractivity contribution in [3.05, 3.63) is 71.8 Å². The number of hydrogen-bond acceptors (Lipinski definition) is 3. The summed E-state index contributed by atoms with van der Waals surface area (Å²) < 4.78 is 29.2. The van der Waals surface area contributed by atoms with Gasteiger partial charge in [0.2, 0.25) is 0 Å². The van der Waals surface area contributed by atoms with Gasteiger partial charge in [0.15, 0.2) is 11.5 Å². The lowest BCUT2D eigenvalue weighted by Gasteiger charge is -2.21. The van der Waals surface area contributed by atoms with E-state index in [-0.39, 0.29) is 12.3 Å². The third-order valence-electron chi connectivity index (χ3n) is 4.59. The first-order chi connectivity index (χ1) is 12.5. The number of nitrogens with one attached hydrogen (secondary N) is 1. The second kappa shape index (κ2) is 6.37. The van der Waals surface area contributed by atoms with Crippen molar-refractivity contribution in [3.8, 4) is 11.3 Å². The number of fused-ring (bicyclic) bond motifs is 1. The zero-order valence-electron chi connectivity index (χ0n) is 14.5. The fourth-order valence-electron chi connectivity index (χ4n) is 3.15. The highest BCUT2D eigenvalue weighted by molar-refractivity contribution is 5.78. The Morgan fingerprint density at radius 1 is 1.19 bits per heavy atom. The van der Waals surface area contributed by atoms with Gasteiger partial charge in [-0.1, -0.05) is 37.3 Å².